The van der Waals surface area contributed by atoms with Crippen molar-refractivity contribution >= 4 is 5.97 Å². The predicted octanol–water partition coefficient (Wildman–Crippen LogP) is 2.35. The van der Waals surface area contributed by atoms with Gasteiger partial charge in [-0.2, -0.15) is 0 Å². The first-order valence-corrected chi connectivity index (χ1v) is 8.12. The minimum Gasteiger partial charge on any atom is -0.463 e. The van der Waals surface area contributed by atoms with Gasteiger partial charge in [-0.15, -0.1) is 0 Å². The maximum absolute atomic E-state index is 12.5. The Balaban J connectivity index is 2.23. The first kappa shape index (κ1) is 15.8. The van der Waals surface area contributed by atoms with Crippen molar-refractivity contribution in [1.82, 2.24) is 0 Å². The highest BCUT2D eigenvalue weighted by Gasteiger charge is 2.80. The molecule has 122 valence electrons. The van der Waals surface area contributed by atoms with E-state index in [1.807, 2.05) is 6.92 Å². The maximum Gasteiger partial charge on any atom is 0.337 e. The molecule has 1 saturated carbocycles. The number of allylic oxidation sites excluding steroid dienone is 1. The lowest BCUT2D eigenvalue weighted by atomic mass is 9.28. The van der Waals surface area contributed by atoms with Crippen molar-refractivity contribution < 1.29 is 19.7 Å². The third-order valence-corrected chi connectivity index (χ3v) is 6.71. The summed E-state index contributed by atoms with van der Waals surface area (Å²) in [6.45, 7) is 10.0. The average molecular weight is 306 g/mol. The van der Waals surface area contributed by atoms with Crippen molar-refractivity contribution in [2.75, 3.05) is 6.61 Å². The smallest absolute Gasteiger partial charge is 0.337 e. The number of hydrogen-bond donors (Lipinski definition) is 2. The third kappa shape index (κ3) is 1.39. The van der Waals surface area contributed by atoms with Gasteiger partial charge in [-0.1, -0.05) is 25.5 Å². The molecule has 1 spiro atoms. The number of fused-ring (bicyclic) bond motifs is 2. The molecule has 2 N–H and O–H groups in total. The zero-order valence-electron chi connectivity index (χ0n) is 14.1. The van der Waals surface area contributed by atoms with Crippen LogP contribution in [0.3, 0.4) is 0 Å². The van der Waals surface area contributed by atoms with E-state index in [9.17, 15) is 15.0 Å². The lowest BCUT2D eigenvalue weighted by molar-refractivity contribution is -0.289. The van der Waals surface area contributed by atoms with Gasteiger partial charge < -0.3 is 14.9 Å². The fourth-order valence-electron chi connectivity index (χ4n) is 5.67. The van der Waals surface area contributed by atoms with Gasteiger partial charge in [-0.05, 0) is 44.6 Å². The van der Waals surface area contributed by atoms with Gasteiger partial charge in [0.1, 0.15) is 5.60 Å². The Bertz CT molecular complexity index is 600. The number of hydrogen-bond acceptors (Lipinski definition) is 4. The van der Waals surface area contributed by atoms with E-state index in [1.165, 1.54) is 0 Å². The van der Waals surface area contributed by atoms with Crippen molar-refractivity contribution in [3.8, 4) is 0 Å². The molecule has 3 rings (SSSR count). The zero-order valence-corrected chi connectivity index (χ0v) is 14.1. The van der Waals surface area contributed by atoms with Crippen LogP contribution in [0.5, 0.6) is 0 Å². The third-order valence-electron chi connectivity index (χ3n) is 6.71. The fourth-order valence-corrected chi connectivity index (χ4v) is 5.67. The normalized spacial score (nSPS) is 42.2. The van der Waals surface area contributed by atoms with Crippen LogP contribution in [-0.2, 0) is 9.53 Å². The Morgan fingerprint density at radius 2 is 2.05 bits per heavy atom. The van der Waals surface area contributed by atoms with Crippen molar-refractivity contribution in [3.05, 3.63) is 22.8 Å². The highest BCUT2D eigenvalue weighted by Crippen LogP contribution is 2.78. The van der Waals surface area contributed by atoms with Crippen LogP contribution < -0.4 is 0 Å². The standard InChI is InChI=1S/C18H26O4/c1-6-22-15(20)14-11(3)12(19)9-17-10(2)7-8-13(16(17,4)5)18(14,17)21/h7,12-13,19,21H,6,8-9H2,1-5H3/t12?,13-,17+,18+/m1/s1. The molecule has 4 heteroatoms. The van der Waals surface area contributed by atoms with E-state index in [2.05, 4.69) is 19.9 Å². The predicted molar refractivity (Wildman–Crippen MR) is 83.0 cm³/mol. The first-order chi connectivity index (χ1) is 10.2. The molecule has 0 heterocycles. The van der Waals surface area contributed by atoms with E-state index in [0.29, 0.717) is 17.6 Å². The van der Waals surface area contributed by atoms with Crippen LogP contribution in [0.25, 0.3) is 0 Å². The largest absolute Gasteiger partial charge is 0.463 e. The molecule has 4 atom stereocenters. The van der Waals surface area contributed by atoms with Crippen LogP contribution in [0.2, 0.25) is 0 Å². The summed E-state index contributed by atoms with van der Waals surface area (Å²) in [7, 11) is 0. The quantitative estimate of drug-likeness (QED) is 0.607. The monoisotopic (exact) mass is 306 g/mol. The number of esters is 1. The van der Waals surface area contributed by atoms with E-state index in [1.54, 1.807) is 13.8 Å². The molecule has 0 aromatic rings. The SMILES string of the molecule is CCOC(=O)C1=C(C)C(O)C[C@]23C(C)=CC[C@H](C2(C)C)[C@]13O. The highest BCUT2D eigenvalue weighted by atomic mass is 16.5. The van der Waals surface area contributed by atoms with Crippen LogP contribution in [0.15, 0.2) is 22.8 Å². The first-order valence-electron chi connectivity index (χ1n) is 8.12. The number of aliphatic hydroxyl groups excluding tert-OH is 1. The minimum atomic E-state index is -1.22. The Morgan fingerprint density at radius 3 is 2.59 bits per heavy atom. The van der Waals surface area contributed by atoms with Gasteiger partial charge in [0, 0.05) is 11.3 Å². The number of carbonyl (C=O) groups excluding carboxylic acids is 1. The summed E-state index contributed by atoms with van der Waals surface area (Å²) in [4.78, 5) is 12.5. The lowest BCUT2D eigenvalue weighted by Gasteiger charge is -2.76. The Kier molecular flexibility index (Phi) is 3.19. The van der Waals surface area contributed by atoms with Gasteiger partial charge in [-0.3, -0.25) is 0 Å². The van der Waals surface area contributed by atoms with Gasteiger partial charge in [0.25, 0.3) is 0 Å². The number of aliphatic hydroxyl groups is 2. The molecule has 1 unspecified atom stereocenters. The molecule has 3 aliphatic rings. The molecule has 0 saturated heterocycles. The summed E-state index contributed by atoms with van der Waals surface area (Å²) in [5.41, 5.74) is -0.0121. The van der Waals surface area contributed by atoms with Crippen LogP contribution >= 0.6 is 0 Å². The van der Waals surface area contributed by atoms with Crippen LogP contribution in [0.4, 0.5) is 0 Å². The molecule has 0 aliphatic heterocycles. The second-order valence-electron chi connectivity index (χ2n) is 7.57. The van der Waals surface area contributed by atoms with Crippen molar-refractivity contribution in [2.45, 2.75) is 59.2 Å². The molecular formula is C18H26O4. The topological polar surface area (TPSA) is 66.8 Å². The highest BCUT2D eigenvalue weighted by molar-refractivity contribution is 5.93. The molecule has 0 aromatic carbocycles. The van der Waals surface area contributed by atoms with Gasteiger partial charge in [0.2, 0.25) is 0 Å². The Morgan fingerprint density at radius 1 is 1.41 bits per heavy atom. The van der Waals surface area contributed by atoms with Crippen LogP contribution in [-0.4, -0.2) is 34.5 Å². The summed E-state index contributed by atoms with van der Waals surface area (Å²) in [5.74, 6) is -0.508. The molecule has 22 heavy (non-hydrogen) atoms. The second kappa shape index (κ2) is 4.45. The van der Waals surface area contributed by atoms with E-state index >= 15 is 0 Å². The van der Waals surface area contributed by atoms with Gasteiger partial charge in [-0.25, -0.2) is 4.79 Å². The van der Waals surface area contributed by atoms with E-state index < -0.39 is 23.1 Å². The van der Waals surface area contributed by atoms with Gasteiger partial charge in [0.05, 0.1) is 18.3 Å². The second-order valence-corrected chi connectivity index (χ2v) is 7.57. The summed E-state index contributed by atoms with van der Waals surface area (Å²) >= 11 is 0. The number of rotatable bonds is 2. The van der Waals surface area contributed by atoms with Crippen molar-refractivity contribution in [2.24, 2.45) is 16.7 Å². The summed E-state index contributed by atoms with van der Waals surface area (Å²) in [6, 6.07) is 0. The summed E-state index contributed by atoms with van der Waals surface area (Å²) < 4.78 is 5.20. The van der Waals surface area contributed by atoms with Crippen LogP contribution in [0, 0.1) is 16.7 Å². The molecule has 0 amide bonds. The van der Waals surface area contributed by atoms with Crippen molar-refractivity contribution in [1.29, 1.82) is 0 Å². The zero-order chi connectivity index (χ0) is 16.5. The molecule has 0 radical (unpaired) electrons. The van der Waals surface area contributed by atoms with Gasteiger partial charge in [0.15, 0.2) is 0 Å². The van der Waals surface area contributed by atoms with Crippen molar-refractivity contribution in [3.63, 3.8) is 0 Å². The Labute approximate surface area is 131 Å². The van der Waals surface area contributed by atoms with E-state index in [0.717, 1.165) is 12.0 Å². The van der Waals surface area contributed by atoms with E-state index in [4.69, 9.17) is 4.74 Å². The average Bonchev–Trinajstić information content (AvgIpc) is 2.41. The summed E-state index contributed by atoms with van der Waals surface area (Å²) in [5, 5.41) is 22.2. The number of ether oxygens (including phenoxy) is 1. The van der Waals surface area contributed by atoms with Crippen LogP contribution in [0.1, 0.15) is 47.5 Å². The molecule has 2 bridgehead atoms. The minimum absolute atomic E-state index is 0.0226. The molecular weight excluding hydrogens is 280 g/mol. The fraction of sp³-hybridized carbons (Fsp3) is 0.722. The molecule has 1 fully saturated rings. The maximum atomic E-state index is 12.5. The molecule has 3 aliphatic carbocycles. The van der Waals surface area contributed by atoms with Gasteiger partial charge >= 0.3 is 5.97 Å². The molecule has 4 nitrogen and oxygen atoms in total. The number of carbonyl (C=O) groups is 1. The lowest BCUT2D eigenvalue weighted by Crippen LogP contribution is -2.80. The summed E-state index contributed by atoms with van der Waals surface area (Å²) in [6.07, 6.45) is 2.65. The van der Waals surface area contributed by atoms with E-state index in [-0.39, 0.29) is 17.9 Å². The Hall–Kier alpha value is -1.13. The molecule has 0 aromatic heterocycles.